The smallest absolute Gasteiger partial charge is 0.248 e. The summed E-state index contributed by atoms with van der Waals surface area (Å²) in [5.74, 6) is -0.348. The van der Waals surface area contributed by atoms with E-state index in [1.807, 2.05) is 30.5 Å². The normalized spacial score (nSPS) is 22.3. The monoisotopic (exact) mass is 440 g/mol. The van der Waals surface area contributed by atoms with Gasteiger partial charge >= 0.3 is 0 Å². The fourth-order valence-corrected chi connectivity index (χ4v) is 5.06. The third-order valence-corrected chi connectivity index (χ3v) is 6.72. The van der Waals surface area contributed by atoms with Crippen LogP contribution in [0.4, 0.5) is 0 Å². The van der Waals surface area contributed by atoms with Crippen molar-refractivity contribution in [3.8, 4) is 0 Å². The predicted molar refractivity (Wildman–Crippen MR) is 121 cm³/mol. The molecule has 4 rings (SSSR count). The van der Waals surface area contributed by atoms with Crippen LogP contribution < -0.4 is 5.32 Å². The molecule has 0 unspecified atom stereocenters. The zero-order chi connectivity index (χ0) is 22.5. The molecular formula is C24H32N4O4. The van der Waals surface area contributed by atoms with Crippen molar-refractivity contribution in [3.05, 3.63) is 36.0 Å². The standard InChI is InChI=1S/C24H32N4O4/c1-32-16-23(30)28-13-12-27(11-10-25-24(31)19-7-3-5-9-21(19)28)22(29)14-17-15-26-20-8-4-2-6-18(17)20/h2,4,6,8,15,19,21,26H,3,5,7,9-14,16H2,1H3,(H,25,31)/t19-,21+/m0/s1. The molecule has 1 aliphatic carbocycles. The minimum Gasteiger partial charge on any atom is -0.375 e. The maximum absolute atomic E-state index is 13.2. The van der Waals surface area contributed by atoms with Gasteiger partial charge in [-0.25, -0.2) is 0 Å². The van der Waals surface area contributed by atoms with Crippen LogP contribution in [0.5, 0.6) is 0 Å². The molecule has 0 bridgehead atoms. The van der Waals surface area contributed by atoms with Gasteiger partial charge in [-0.15, -0.1) is 0 Å². The van der Waals surface area contributed by atoms with Gasteiger partial charge in [-0.05, 0) is 24.5 Å². The van der Waals surface area contributed by atoms with Crippen LogP contribution in [-0.4, -0.2) is 78.4 Å². The van der Waals surface area contributed by atoms with E-state index in [0.717, 1.165) is 42.1 Å². The number of methoxy groups -OCH3 is 1. The summed E-state index contributed by atoms with van der Waals surface area (Å²) in [5, 5.41) is 4.05. The van der Waals surface area contributed by atoms with Gasteiger partial charge in [-0.3, -0.25) is 14.4 Å². The van der Waals surface area contributed by atoms with Gasteiger partial charge in [0.2, 0.25) is 17.7 Å². The van der Waals surface area contributed by atoms with Crippen LogP contribution in [0.3, 0.4) is 0 Å². The molecule has 0 spiro atoms. The first kappa shape index (κ1) is 22.3. The van der Waals surface area contributed by atoms with Crippen molar-refractivity contribution in [1.82, 2.24) is 20.1 Å². The van der Waals surface area contributed by atoms with Crippen LogP contribution in [0.2, 0.25) is 0 Å². The molecule has 2 N–H and O–H groups in total. The molecule has 2 aromatic rings. The molecule has 1 aliphatic heterocycles. The van der Waals surface area contributed by atoms with Gasteiger partial charge in [0.15, 0.2) is 0 Å². The zero-order valence-electron chi connectivity index (χ0n) is 18.6. The van der Waals surface area contributed by atoms with Gasteiger partial charge in [-0.1, -0.05) is 31.0 Å². The molecule has 2 heterocycles. The van der Waals surface area contributed by atoms with E-state index in [4.69, 9.17) is 4.74 Å². The molecular weight excluding hydrogens is 408 g/mol. The topological polar surface area (TPSA) is 94.7 Å². The minimum atomic E-state index is -0.196. The highest BCUT2D eigenvalue weighted by Gasteiger charge is 2.37. The average Bonchev–Trinajstić information content (AvgIpc) is 3.21. The Kier molecular flexibility index (Phi) is 7.09. The average molecular weight is 441 g/mol. The molecule has 8 heteroatoms. The summed E-state index contributed by atoms with van der Waals surface area (Å²) in [6, 6.07) is 7.77. The highest BCUT2D eigenvalue weighted by molar-refractivity contribution is 5.89. The summed E-state index contributed by atoms with van der Waals surface area (Å²) in [4.78, 5) is 45.7. The highest BCUT2D eigenvalue weighted by Crippen LogP contribution is 2.29. The molecule has 32 heavy (non-hydrogen) atoms. The Morgan fingerprint density at radius 1 is 1.09 bits per heavy atom. The Bertz CT molecular complexity index is 972. The maximum atomic E-state index is 13.2. The van der Waals surface area contributed by atoms with Crippen molar-refractivity contribution in [2.75, 3.05) is 39.9 Å². The van der Waals surface area contributed by atoms with E-state index in [1.165, 1.54) is 7.11 Å². The second kappa shape index (κ2) is 10.2. The fraction of sp³-hybridized carbons (Fsp3) is 0.542. The van der Waals surface area contributed by atoms with Gasteiger partial charge in [0.1, 0.15) is 6.61 Å². The molecule has 1 aromatic carbocycles. The summed E-state index contributed by atoms with van der Waals surface area (Å²) in [6.45, 7) is 1.68. The van der Waals surface area contributed by atoms with E-state index < -0.39 is 0 Å². The van der Waals surface area contributed by atoms with Crippen LogP contribution in [0.1, 0.15) is 31.2 Å². The number of aromatic nitrogens is 1. The molecule has 8 nitrogen and oxygen atoms in total. The molecule has 1 saturated heterocycles. The minimum absolute atomic E-state index is 0.0103. The Labute approximate surface area is 188 Å². The fourth-order valence-electron chi connectivity index (χ4n) is 5.06. The van der Waals surface area contributed by atoms with E-state index in [2.05, 4.69) is 10.3 Å². The lowest BCUT2D eigenvalue weighted by atomic mass is 9.82. The lowest BCUT2D eigenvalue weighted by Gasteiger charge is -2.41. The first-order valence-electron chi connectivity index (χ1n) is 11.5. The van der Waals surface area contributed by atoms with Crippen molar-refractivity contribution < 1.29 is 19.1 Å². The van der Waals surface area contributed by atoms with Crippen LogP contribution in [0, 0.1) is 5.92 Å². The number of carbonyl (C=O) groups is 3. The van der Waals surface area contributed by atoms with E-state index in [-0.39, 0.29) is 42.7 Å². The Balaban J connectivity index is 1.52. The van der Waals surface area contributed by atoms with Gasteiger partial charge in [-0.2, -0.15) is 0 Å². The van der Waals surface area contributed by atoms with Crippen molar-refractivity contribution in [3.63, 3.8) is 0 Å². The number of fused-ring (bicyclic) bond motifs is 2. The molecule has 1 aromatic heterocycles. The van der Waals surface area contributed by atoms with Crippen molar-refractivity contribution in [1.29, 1.82) is 0 Å². The van der Waals surface area contributed by atoms with Gasteiger partial charge in [0.25, 0.3) is 0 Å². The SMILES string of the molecule is COCC(=O)N1CCN(C(=O)Cc2c[nH]c3ccccc23)CCNC(=O)[C@H]2CCCC[C@H]21. The molecule has 0 radical (unpaired) electrons. The van der Waals surface area contributed by atoms with E-state index in [9.17, 15) is 14.4 Å². The quantitative estimate of drug-likeness (QED) is 0.757. The molecule has 2 aliphatic rings. The maximum Gasteiger partial charge on any atom is 0.248 e. The Hall–Kier alpha value is -2.87. The second-order valence-electron chi connectivity index (χ2n) is 8.69. The van der Waals surface area contributed by atoms with Crippen molar-refractivity contribution in [2.24, 2.45) is 5.92 Å². The lowest BCUT2D eigenvalue weighted by Crippen LogP contribution is -2.56. The number of hydrogen-bond donors (Lipinski definition) is 2. The summed E-state index contributed by atoms with van der Waals surface area (Å²) in [5.41, 5.74) is 1.95. The van der Waals surface area contributed by atoms with E-state index in [1.54, 1.807) is 9.80 Å². The number of nitrogens with one attached hydrogen (secondary N) is 2. The summed E-state index contributed by atoms with van der Waals surface area (Å²) in [7, 11) is 1.50. The Morgan fingerprint density at radius 3 is 2.75 bits per heavy atom. The second-order valence-corrected chi connectivity index (χ2v) is 8.69. The molecule has 2 fully saturated rings. The summed E-state index contributed by atoms with van der Waals surface area (Å²) in [6.07, 6.45) is 5.74. The van der Waals surface area contributed by atoms with Gasteiger partial charge in [0.05, 0.1) is 12.3 Å². The van der Waals surface area contributed by atoms with Crippen LogP contribution in [0.25, 0.3) is 10.9 Å². The number of rotatable bonds is 4. The first-order valence-corrected chi connectivity index (χ1v) is 11.5. The van der Waals surface area contributed by atoms with Crippen molar-refractivity contribution >= 4 is 28.6 Å². The number of carbonyl (C=O) groups excluding carboxylic acids is 3. The third-order valence-electron chi connectivity index (χ3n) is 6.72. The molecule has 3 amide bonds. The van der Waals surface area contributed by atoms with Gasteiger partial charge < -0.3 is 24.8 Å². The van der Waals surface area contributed by atoms with Crippen molar-refractivity contribution in [2.45, 2.75) is 38.1 Å². The van der Waals surface area contributed by atoms with Crippen LogP contribution in [-0.2, 0) is 25.5 Å². The van der Waals surface area contributed by atoms with Crippen LogP contribution in [0.15, 0.2) is 30.5 Å². The lowest BCUT2D eigenvalue weighted by molar-refractivity contribution is -0.144. The molecule has 172 valence electrons. The number of amides is 3. The predicted octanol–water partition coefficient (Wildman–Crippen LogP) is 1.70. The van der Waals surface area contributed by atoms with E-state index >= 15 is 0 Å². The van der Waals surface area contributed by atoms with Gasteiger partial charge in [0, 0.05) is 56.4 Å². The highest BCUT2D eigenvalue weighted by atomic mass is 16.5. The number of aromatic amines is 1. The number of ether oxygens (including phenoxy) is 1. The Morgan fingerprint density at radius 2 is 1.91 bits per heavy atom. The number of hydrogen-bond acceptors (Lipinski definition) is 4. The number of H-pyrrole nitrogens is 1. The number of benzene rings is 1. The number of nitrogens with zero attached hydrogens (tertiary/aromatic N) is 2. The molecule has 1 saturated carbocycles. The third kappa shape index (κ3) is 4.80. The van der Waals surface area contributed by atoms with E-state index in [0.29, 0.717) is 26.2 Å². The zero-order valence-corrected chi connectivity index (χ0v) is 18.6. The van der Waals surface area contributed by atoms with Crippen LogP contribution >= 0.6 is 0 Å². The number of para-hydroxylation sites is 1. The summed E-state index contributed by atoms with van der Waals surface area (Å²) < 4.78 is 5.10. The molecule has 2 atom stereocenters. The summed E-state index contributed by atoms with van der Waals surface area (Å²) >= 11 is 0. The first-order chi connectivity index (χ1) is 15.6. The largest absolute Gasteiger partial charge is 0.375 e.